The van der Waals surface area contributed by atoms with Gasteiger partial charge in [-0.1, -0.05) is 19.1 Å². The van der Waals surface area contributed by atoms with Crippen molar-refractivity contribution >= 4 is 11.6 Å². The summed E-state index contributed by atoms with van der Waals surface area (Å²) in [6.45, 7) is 9.16. The summed E-state index contributed by atoms with van der Waals surface area (Å²) in [5.41, 5.74) is 3.03. The first-order chi connectivity index (χ1) is 13.1. The van der Waals surface area contributed by atoms with Crippen molar-refractivity contribution in [3.63, 3.8) is 0 Å². The van der Waals surface area contributed by atoms with E-state index in [9.17, 15) is 4.79 Å². The molecule has 0 aliphatic carbocycles. The Morgan fingerprint density at radius 1 is 1.19 bits per heavy atom. The van der Waals surface area contributed by atoms with Crippen LogP contribution >= 0.6 is 0 Å². The predicted octanol–water partition coefficient (Wildman–Crippen LogP) is 4.81. The molecule has 27 heavy (non-hydrogen) atoms. The molecule has 1 heterocycles. The Morgan fingerprint density at radius 2 is 1.89 bits per heavy atom. The number of carbonyl (C=O) groups is 1. The maximum atomic E-state index is 12.5. The minimum atomic E-state index is -0.0699. The highest BCUT2D eigenvalue weighted by Crippen LogP contribution is 2.24. The van der Waals surface area contributed by atoms with Crippen molar-refractivity contribution in [1.82, 2.24) is 5.32 Å². The minimum Gasteiger partial charge on any atom is -0.494 e. The maximum Gasteiger partial charge on any atom is 0.251 e. The summed E-state index contributed by atoms with van der Waals surface area (Å²) in [5, 5.41) is 3.08. The molecule has 2 aromatic carbocycles. The van der Waals surface area contributed by atoms with Gasteiger partial charge in [-0.15, -0.1) is 0 Å². The normalized spacial score (nSPS) is 18.0. The Hall–Kier alpha value is -2.49. The largest absolute Gasteiger partial charge is 0.494 e. The van der Waals surface area contributed by atoms with Gasteiger partial charge in [0, 0.05) is 24.3 Å². The van der Waals surface area contributed by atoms with Crippen LogP contribution in [0.25, 0.3) is 0 Å². The van der Waals surface area contributed by atoms with Crippen LogP contribution in [-0.2, 0) is 0 Å². The highest BCUT2D eigenvalue weighted by molar-refractivity contribution is 5.94. The fourth-order valence-electron chi connectivity index (χ4n) is 3.63. The minimum absolute atomic E-state index is 0.0432. The lowest BCUT2D eigenvalue weighted by molar-refractivity contribution is 0.0940. The van der Waals surface area contributed by atoms with Crippen molar-refractivity contribution in [2.75, 3.05) is 24.6 Å². The number of nitrogens with one attached hydrogen (secondary N) is 1. The molecule has 0 radical (unpaired) electrons. The highest BCUT2D eigenvalue weighted by atomic mass is 16.5. The van der Waals surface area contributed by atoms with Crippen molar-refractivity contribution in [1.29, 1.82) is 0 Å². The monoisotopic (exact) mass is 366 g/mol. The number of hydrogen-bond acceptors (Lipinski definition) is 3. The molecule has 0 spiro atoms. The Labute approximate surface area is 162 Å². The summed E-state index contributed by atoms with van der Waals surface area (Å²) >= 11 is 0. The lowest BCUT2D eigenvalue weighted by atomic mass is 9.99. The van der Waals surface area contributed by atoms with Crippen LogP contribution in [0, 0.1) is 5.92 Å². The third-order valence-corrected chi connectivity index (χ3v) is 5.19. The average molecular weight is 367 g/mol. The van der Waals surface area contributed by atoms with Crippen LogP contribution in [0.5, 0.6) is 5.75 Å². The lowest BCUT2D eigenvalue weighted by Gasteiger charge is -2.33. The van der Waals surface area contributed by atoms with Crippen molar-refractivity contribution < 1.29 is 9.53 Å². The first kappa shape index (κ1) is 19.3. The standard InChI is InChI=1S/C23H30N2O2/c1-4-27-22-13-9-20(10-14-22)23(26)24-18(3)19-7-11-21(12-8-19)25-15-5-6-17(2)16-25/h7-14,17-18H,4-6,15-16H2,1-3H3,(H,24,26)/t17-,18-/m0/s1. The number of anilines is 1. The molecule has 0 saturated carbocycles. The first-order valence-electron chi connectivity index (χ1n) is 9.95. The number of hydrogen-bond donors (Lipinski definition) is 1. The highest BCUT2D eigenvalue weighted by Gasteiger charge is 2.17. The van der Waals surface area contributed by atoms with Crippen LogP contribution in [0.4, 0.5) is 5.69 Å². The fraction of sp³-hybridized carbons (Fsp3) is 0.435. The smallest absolute Gasteiger partial charge is 0.251 e. The van der Waals surface area contributed by atoms with Crippen LogP contribution in [0.2, 0.25) is 0 Å². The lowest BCUT2D eigenvalue weighted by Crippen LogP contribution is -2.34. The molecule has 4 nitrogen and oxygen atoms in total. The molecule has 0 bridgehead atoms. The summed E-state index contributed by atoms with van der Waals surface area (Å²) in [6, 6.07) is 15.8. The van der Waals surface area contributed by atoms with E-state index in [2.05, 4.69) is 41.4 Å². The molecule has 3 rings (SSSR count). The van der Waals surface area contributed by atoms with Crippen LogP contribution < -0.4 is 15.0 Å². The molecule has 2 aromatic rings. The Bertz CT molecular complexity index is 740. The second-order valence-corrected chi connectivity index (χ2v) is 7.44. The molecular weight excluding hydrogens is 336 g/mol. The molecule has 0 unspecified atom stereocenters. The Balaban J connectivity index is 1.60. The van der Waals surface area contributed by atoms with Crippen molar-refractivity contribution in [3.8, 4) is 5.75 Å². The van der Waals surface area contributed by atoms with E-state index in [4.69, 9.17) is 4.74 Å². The van der Waals surface area contributed by atoms with Gasteiger partial charge >= 0.3 is 0 Å². The van der Waals surface area contributed by atoms with Crippen molar-refractivity contribution in [2.45, 2.75) is 39.7 Å². The fourth-order valence-corrected chi connectivity index (χ4v) is 3.63. The summed E-state index contributed by atoms with van der Waals surface area (Å²) in [6.07, 6.45) is 2.58. The molecule has 1 aliphatic rings. The summed E-state index contributed by atoms with van der Waals surface area (Å²) in [5.74, 6) is 1.47. The maximum absolute atomic E-state index is 12.5. The number of rotatable bonds is 6. The van der Waals surface area contributed by atoms with Gasteiger partial charge in [-0.2, -0.15) is 0 Å². The molecular formula is C23H30N2O2. The zero-order valence-electron chi connectivity index (χ0n) is 16.6. The van der Waals surface area contributed by atoms with Crippen LogP contribution in [-0.4, -0.2) is 25.6 Å². The van der Waals surface area contributed by atoms with Gasteiger partial charge in [0.15, 0.2) is 0 Å². The van der Waals surface area contributed by atoms with Gasteiger partial charge in [-0.3, -0.25) is 4.79 Å². The molecule has 1 N–H and O–H groups in total. The zero-order valence-corrected chi connectivity index (χ0v) is 16.6. The summed E-state index contributed by atoms with van der Waals surface area (Å²) < 4.78 is 5.42. The average Bonchev–Trinajstić information content (AvgIpc) is 2.69. The molecule has 1 fully saturated rings. The number of piperidine rings is 1. The van der Waals surface area contributed by atoms with E-state index < -0.39 is 0 Å². The van der Waals surface area contributed by atoms with E-state index >= 15 is 0 Å². The van der Waals surface area contributed by atoms with Gasteiger partial charge in [0.05, 0.1) is 12.6 Å². The molecule has 2 atom stereocenters. The molecule has 0 aromatic heterocycles. The summed E-state index contributed by atoms with van der Waals surface area (Å²) in [4.78, 5) is 14.9. The zero-order chi connectivity index (χ0) is 19.2. The van der Waals surface area contributed by atoms with Crippen LogP contribution in [0.3, 0.4) is 0 Å². The van der Waals surface area contributed by atoms with Gasteiger partial charge in [-0.05, 0) is 74.6 Å². The second-order valence-electron chi connectivity index (χ2n) is 7.44. The summed E-state index contributed by atoms with van der Waals surface area (Å²) in [7, 11) is 0. The van der Waals surface area contributed by atoms with Gasteiger partial charge in [0.2, 0.25) is 0 Å². The second kappa shape index (κ2) is 8.94. The van der Waals surface area contributed by atoms with E-state index in [1.807, 2.05) is 26.0 Å². The number of amides is 1. The van der Waals surface area contributed by atoms with E-state index in [0.717, 1.165) is 30.3 Å². The van der Waals surface area contributed by atoms with E-state index in [0.29, 0.717) is 12.2 Å². The third kappa shape index (κ3) is 5.03. The predicted molar refractivity (Wildman–Crippen MR) is 111 cm³/mol. The van der Waals surface area contributed by atoms with Gasteiger partial charge < -0.3 is 15.0 Å². The van der Waals surface area contributed by atoms with E-state index in [1.54, 1.807) is 12.1 Å². The Morgan fingerprint density at radius 3 is 2.52 bits per heavy atom. The van der Waals surface area contributed by atoms with Crippen LogP contribution in [0.1, 0.15) is 55.6 Å². The number of carbonyl (C=O) groups excluding carboxylic acids is 1. The number of ether oxygens (including phenoxy) is 1. The number of nitrogens with zero attached hydrogens (tertiary/aromatic N) is 1. The number of benzene rings is 2. The molecule has 1 amide bonds. The quantitative estimate of drug-likeness (QED) is 0.797. The first-order valence-corrected chi connectivity index (χ1v) is 9.95. The topological polar surface area (TPSA) is 41.6 Å². The van der Waals surface area contributed by atoms with Crippen molar-refractivity contribution in [2.24, 2.45) is 5.92 Å². The molecule has 144 valence electrons. The molecule has 4 heteroatoms. The molecule has 1 saturated heterocycles. The van der Waals surface area contributed by atoms with Gasteiger partial charge in [-0.25, -0.2) is 0 Å². The van der Waals surface area contributed by atoms with Gasteiger partial charge in [0.1, 0.15) is 5.75 Å². The van der Waals surface area contributed by atoms with Gasteiger partial charge in [0.25, 0.3) is 5.91 Å². The molecule has 1 aliphatic heterocycles. The van der Waals surface area contributed by atoms with E-state index in [-0.39, 0.29) is 11.9 Å². The Kier molecular flexibility index (Phi) is 6.38. The third-order valence-electron chi connectivity index (χ3n) is 5.19. The van der Waals surface area contributed by atoms with Crippen LogP contribution in [0.15, 0.2) is 48.5 Å². The van der Waals surface area contributed by atoms with Crippen molar-refractivity contribution in [3.05, 3.63) is 59.7 Å². The SMILES string of the molecule is CCOc1ccc(C(=O)N[C@@H](C)c2ccc(N3CCC[C@H](C)C3)cc2)cc1. The van der Waals surface area contributed by atoms with E-state index in [1.165, 1.54) is 18.5 Å².